The van der Waals surface area contributed by atoms with Crippen LogP contribution >= 0.6 is 0 Å². The Hall–Kier alpha value is -2.62. The fourth-order valence-corrected chi connectivity index (χ4v) is 1.72. The van der Waals surface area contributed by atoms with Crippen LogP contribution in [0.25, 0.3) is 0 Å². The molecule has 1 aromatic rings. The molecule has 7 nitrogen and oxygen atoms in total. The zero-order valence-corrected chi connectivity index (χ0v) is 12.3. The van der Waals surface area contributed by atoms with Crippen LogP contribution in [0.5, 0.6) is 5.75 Å². The molecule has 0 saturated heterocycles. The number of aryl methyl sites for hydroxylation is 2. The number of ether oxygens (including phenoxy) is 1. The van der Waals surface area contributed by atoms with Gasteiger partial charge in [-0.3, -0.25) is 14.9 Å². The maximum atomic E-state index is 11.8. The van der Waals surface area contributed by atoms with Gasteiger partial charge in [-0.05, 0) is 25.5 Å². The summed E-state index contributed by atoms with van der Waals surface area (Å²) in [4.78, 5) is 23.6. The number of nitro benzene ring substituents is 1. The van der Waals surface area contributed by atoms with E-state index in [-0.39, 0.29) is 24.6 Å². The van der Waals surface area contributed by atoms with Crippen LogP contribution in [0.15, 0.2) is 12.1 Å². The van der Waals surface area contributed by atoms with Crippen molar-refractivity contribution in [2.45, 2.75) is 20.3 Å². The van der Waals surface area contributed by atoms with E-state index in [0.717, 1.165) is 0 Å². The Labute approximate surface area is 122 Å². The number of hydrogen-bond acceptors (Lipinski definition) is 5. The molecule has 1 rings (SSSR count). The lowest BCUT2D eigenvalue weighted by Crippen LogP contribution is -2.32. The van der Waals surface area contributed by atoms with E-state index in [1.54, 1.807) is 27.0 Å². The molecular formula is C14H17N3O4. The first kappa shape index (κ1) is 16.4. The van der Waals surface area contributed by atoms with E-state index in [9.17, 15) is 14.9 Å². The second kappa shape index (κ2) is 7.24. The quantitative estimate of drug-likeness (QED) is 0.589. The van der Waals surface area contributed by atoms with E-state index < -0.39 is 4.92 Å². The first-order valence-electron chi connectivity index (χ1n) is 6.36. The van der Waals surface area contributed by atoms with Gasteiger partial charge in [0.1, 0.15) is 5.75 Å². The number of carbonyl (C=O) groups excluding carboxylic acids is 1. The molecular weight excluding hydrogens is 274 g/mol. The van der Waals surface area contributed by atoms with Crippen molar-refractivity contribution in [2.24, 2.45) is 0 Å². The smallest absolute Gasteiger partial charge is 0.272 e. The van der Waals surface area contributed by atoms with Gasteiger partial charge in [-0.15, -0.1) is 0 Å². The van der Waals surface area contributed by atoms with Crippen molar-refractivity contribution < 1.29 is 14.5 Å². The molecule has 0 aliphatic rings. The maximum Gasteiger partial charge on any atom is 0.272 e. The number of hydrogen-bond donors (Lipinski definition) is 0. The Morgan fingerprint density at radius 3 is 2.67 bits per heavy atom. The van der Waals surface area contributed by atoms with Gasteiger partial charge in [0, 0.05) is 25.2 Å². The van der Waals surface area contributed by atoms with Gasteiger partial charge in [0.15, 0.2) is 6.61 Å². The predicted molar refractivity (Wildman–Crippen MR) is 75.9 cm³/mol. The van der Waals surface area contributed by atoms with Crippen molar-refractivity contribution >= 4 is 11.6 Å². The minimum Gasteiger partial charge on any atom is -0.483 e. The van der Waals surface area contributed by atoms with Crippen LogP contribution in [0.2, 0.25) is 0 Å². The molecule has 112 valence electrons. The molecule has 0 N–H and O–H groups in total. The number of likely N-dealkylation sites (N-methyl/N-ethyl adjacent to an activating group) is 1. The van der Waals surface area contributed by atoms with Gasteiger partial charge >= 0.3 is 0 Å². The second-order valence-electron chi connectivity index (χ2n) is 4.67. The van der Waals surface area contributed by atoms with E-state index in [2.05, 4.69) is 0 Å². The largest absolute Gasteiger partial charge is 0.483 e. The summed E-state index contributed by atoms with van der Waals surface area (Å²) in [6.07, 6.45) is 0.262. The molecule has 0 unspecified atom stereocenters. The third kappa shape index (κ3) is 4.45. The van der Waals surface area contributed by atoms with Crippen molar-refractivity contribution in [1.82, 2.24) is 4.90 Å². The van der Waals surface area contributed by atoms with Crippen LogP contribution in [0.3, 0.4) is 0 Å². The Morgan fingerprint density at radius 1 is 1.43 bits per heavy atom. The molecule has 0 atom stereocenters. The van der Waals surface area contributed by atoms with E-state index in [1.165, 1.54) is 11.0 Å². The molecule has 0 aromatic heterocycles. The summed E-state index contributed by atoms with van der Waals surface area (Å²) < 4.78 is 5.42. The Balaban J connectivity index is 2.72. The highest BCUT2D eigenvalue weighted by atomic mass is 16.6. The standard InChI is InChI=1S/C14H17N3O4/c1-10-8-13(11(2)7-12(10)17(19)20)21-9-14(18)16(3)6-4-5-15/h7-8H,4,6,9H2,1-3H3. The number of amides is 1. The van der Waals surface area contributed by atoms with Crippen molar-refractivity contribution in [3.63, 3.8) is 0 Å². The highest BCUT2D eigenvalue weighted by Crippen LogP contribution is 2.27. The zero-order valence-electron chi connectivity index (χ0n) is 12.3. The van der Waals surface area contributed by atoms with Gasteiger partial charge in [0.25, 0.3) is 11.6 Å². The fourth-order valence-electron chi connectivity index (χ4n) is 1.72. The molecule has 0 spiro atoms. The second-order valence-corrected chi connectivity index (χ2v) is 4.67. The third-order valence-corrected chi connectivity index (χ3v) is 3.03. The summed E-state index contributed by atoms with van der Waals surface area (Å²) in [5, 5.41) is 19.3. The van der Waals surface area contributed by atoms with E-state index >= 15 is 0 Å². The number of rotatable bonds is 6. The minimum absolute atomic E-state index is 0.0253. The van der Waals surface area contributed by atoms with Gasteiger partial charge < -0.3 is 9.64 Å². The molecule has 0 aliphatic carbocycles. The monoisotopic (exact) mass is 291 g/mol. The topological polar surface area (TPSA) is 96.5 Å². The van der Waals surface area contributed by atoms with Gasteiger partial charge in [-0.25, -0.2) is 0 Å². The Kier molecular flexibility index (Phi) is 5.67. The highest BCUT2D eigenvalue weighted by Gasteiger charge is 2.15. The fraction of sp³-hybridized carbons (Fsp3) is 0.429. The van der Waals surface area contributed by atoms with Crippen molar-refractivity contribution in [1.29, 1.82) is 5.26 Å². The Bertz CT molecular complexity index is 593. The van der Waals surface area contributed by atoms with E-state index in [0.29, 0.717) is 23.4 Å². The lowest BCUT2D eigenvalue weighted by atomic mass is 10.1. The van der Waals surface area contributed by atoms with E-state index in [4.69, 9.17) is 10.00 Å². The van der Waals surface area contributed by atoms with Gasteiger partial charge in [0.05, 0.1) is 17.4 Å². The number of nitrogens with zero attached hydrogens (tertiary/aromatic N) is 3. The summed E-state index contributed by atoms with van der Waals surface area (Å²) in [7, 11) is 1.59. The lowest BCUT2D eigenvalue weighted by molar-refractivity contribution is -0.385. The molecule has 1 amide bonds. The van der Waals surface area contributed by atoms with Crippen LogP contribution in [0, 0.1) is 35.3 Å². The average molecular weight is 291 g/mol. The highest BCUT2D eigenvalue weighted by molar-refractivity contribution is 5.77. The molecule has 0 radical (unpaired) electrons. The summed E-state index contributed by atoms with van der Waals surface area (Å²) in [5.41, 5.74) is 1.10. The summed E-state index contributed by atoms with van der Waals surface area (Å²) in [6.45, 7) is 3.48. The lowest BCUT2D eigenvalue weighted by Gasteiger charge is -2.16. The number of benzene rings is 1. The number of carbonyl (C=O) groups is 1. The molecule has 7 heteroatoms. The SMILES string of the molecule is Cc1cc([N+](=O)[O-])c(C)cc1OCC(=O)N(C)CCC#N. The van der Waals surface area contributed by atoms with Crippen molar-refractivity contribution in [3.05, 3.63) is 33.4 Å². The maximum absolute atomic E-state index is 11.8. The number of nitriles is 1. The number of nitro groups is 1. The van der Waals surface area contributed by atoms with Crippen molar-refractivity contribution in [2.75, 3.05) is 20.2 Å². The molecule has 0 aliphatic heterocycles. The summed E-state index contributed by atoms with van der Waals surface area (Å²) in [6, 6.07) is 4.94. The minimum atomic E-state index is -0.451. The predicted octanol–water partition coefficient (Wildman–Crippen LogP) is 1.96. The van der Waals surface area contributed by atoms with Crippen molar-refractivity contribution in [3.8, 4) is 11.8 Å². The van der Waals surface area contributed by atoms with Gasteiger partial charge in [-0.2, -0.15) is 5.26 Å². The van der Waals surface area contributed by atoms with Crippen LogP contribution in [-0.2, 0) is 4.79 Å². The normalized spacial score (nSPS) is 9.81. The van der Waals surface area contributed by atoms with Crippen LogP contribution in [0.4, 0.5) is 5.69 Å². The third-order valence-electron chi connectivity index (χ3n) is 3.03. The van der Waals surface area contributed by atoms with Crippen LogP contribution < -0.4 is 4.74 Å². The molecule has 1 aromatic carbocycles. The molecule has 0 bridgehead atoms. The van der Waals surface area contributed by atoms with Gasteiger partial charge in [0.2, 0.25) is 0 Å². The summed E-state index contributed by atoms with van der Waals surface area (Å²) >= 11 is 0. The molecule has 0 saturated carbocycles. The Morgan fingerprint density at radius 2 is 2.10 bits per heavy atom. The van der Waals surface area contributed by atoms with E-state index in [1.807, 2.05) is 6.07 Å². The first-order chi connectivity index (χ1) is 9.86. The average Bonchev–Trinajstić information content (AvgIpc) is 2.44. The first-order valence-corrected chi connectivity index (χ1v) is 6.36. The summed E-state index contributed by atoms with van der Waals surface area (Å²) in [5.74, 6) is 0.195. The van der Waals surface area contributed by atoms with Crippen LogP contribution in [0.1, 0.15) is 17.5 Å². The molecule has 0 fully saturated rings. The molecule has 21 heavy (non-hydrogen) atoms. The zero-order chi connectivity index (χ0) is 16.0. The molecule has 0 heterocycles. The van der Waals surface area contributed by atoms with Gasteiger partial charge in [-0.1, -0.05) is 0 Å². The van der Waals surface area contributed by atoms with Crippen LogP contribution in [-0.4, -0.2) is 35.9 Å².